The molecular formula is C17H14ClN3. The number of aromatic nitrogens is 1. The molecule has 0 spiro atoms. The Morgan fingerprint density at radius 1 is 1.10 bits per heavy atom. The largest absolute Gasteiger partial charge is 0.323 e. The first-order valence-corrected chi connectivity index (χ1v) is 7.01. The van der Waals surface area contributed by atoms with E-state index in [9.17, 15) is 0 Å². The maximum atomic E-state index is 6.04. The minimum Gasteiger partial charge on any atom is -0.323 e. The van der Waals surface area contributed by atoms with Gasteiger partial charge in [0.1, 0.15) is 0 Å². The Balaban J connectivity index is 2.01. The summed E-state index contributed by atoms with van der Waals surface area (Å²) < 4.78 is 0. The molecule has 0 fully saturated rings. The molecule has 0 amide bonds. The number of halogens is 1. The van der Waals surface area contributed by atoms with Crippen molar-refractivity contribution in [3.05, 3.63) is 76.9 Å². The fourth-order valence-corrected chi connectivity index (χ4v) is 2.57. The van der Waals surface area contributed by atoms with Crippen LogP contribution in [0.3, 0.4) is 0 Å². The van der Waals surface area contributed by atoms with Crippen molar-refractivity contribution >= 4 is 28.2 Å². The summed E-state index contributed by atoms with van der Waals surface area (Å²) in [5.41, 5.74) is 3.85. The smallest absolute Gasteiger partial charge is 0.0717 e. The topological polar surface area (TPSA) is 51.3 Å². The number of hydrogen-bond acceptors (Lipinski definition) is 3. The lowest BCUT2D eigenvalue weighted by atomic mass is 9.99. The number of para-hydroxylation sites is 1. The van der Waals surface area contributed by atoms with Gasteiger partial charge in [0, 0.05) is 23.0 Å². The zero-order valence-electron chi connectivity index (χ0n) is 11.3. The van der Waals surface area contributed by atoms with E-state index in [2.05, 4.69) is 16.2 Å². The molecule has 0 saturated carbocycles. The van der Waals surface area contributed by atoms with E-state index in [1.165, 1.54) is 0 Å². The number of nitrogens with zero attached hydrogens (tertiary/aromatic N) is 2. The summed E-state index contributed by atoms with van der Waals surface area (Å²) >= 11 is 6.04. The van der Waals surface area contributed by atoms with Gasteiger partial charge in [-0.15, -0.1) is 0 Å². The minimum absolute atomic E-state index is 0.639. The van der Waals surface area contributed by atoms with Crippen molar-refractivity contribution in [3.8, 4) is 0 Å². The molecule has 1 heterocycles. The van der Waals surface area contributed by atoms with Gasteiger partial charge >= 0.3 is 0 Å². The lowest BCUT2D eigenvalue weighted by Crippen LogP contribution is -2.08. The highest BCUT2D eigenvalue weighted by molar-refractivity contribution is 6.31. The van der Waals surface area contributed by atoms with Gasteiger partial charge in [0.25, 0.3) is 0 Å². The fraction of sp³-hybridized carbons (Fsp3) is 0.0588. The molecule has 3 nitrogen and oxygen atoms in total. The van der Waals surface area contributed by atoms with Crippen molar-refractivity contribution in [1.82, 2.24) is 4.98 Å². The minimum atomic E-state index is 0.639. The Labute approximate surface area is 128 Å². The van der Waals surface area contributed by atoms with E-state index in [1.54, 1.807) is 0 Å². The van der Waals surface area contributed by atoms with Crippen molar-refractivity contribution in [3.63, 3.8) is 0 Å². The first-order chi connectivity index (χ1) is 10.3. The van der Waals surface area contributed by atoms with Crippen LogP contribution < -0.4 is 5.84 Å². The summed E-state index contributed by atoms with van der Waals surface area (Å²) in [7, 11) is 0. The molecule has 2 N–H and O–H groups in total. The van der Waals surface area contributed by atoms with Crippen LogP contribution in [-0.4, -0.2) is 10.7 Å². The maximum Gasteiger partial charge on any atom is 0.0717 e. The van der Waals surface area contributed by atoms with Crippen molar-refractivity contribution in [2.75, 3.05) is 0 Å². The van der Waals surface area contributed by atoms with Crippen molar-refractivity contribution in [1.29, 1.82) is 0 Å². The standard InChI is InChI=1S/C17H14ClN3/c18-14-5-3-4-13(10-14)17(21-19)11-12-8-9-20-16-7-2-1-6-15(12)16/h1-10H,11,19H2. The van der Waals surface area contributed by atoms with Crippen LogP contribution in [0.5, 0.6) is 0 Å². The van der Waals surface area contributed by atoms with Crippen LogP contribution in [0.1, 0.15) is 11.1 Å². The molecule has 1 aromatic heterocycles. The molecular weight excluding hydrogens is 282 g/mol. The van der Waals surface area contributed by atoms with Crippen LogP contribution in [0.2, 0.25) is 5.02 Å². The number of nitrogens with two attached hydrogens (primary N) is 1. The number of pyridine rings is 1. The van der Waals surface area contributed by atoms with Crippen LogP contribution in [-0.2, 0) is 6.42 Å². The predicted octanol–water partition coefficient (Wildman–Crippen LogP) is 3.79. The third-order valence-electron chi connectivity index (χ3n) is 3.41. The average Bonchev–Trinajstić information content (AvgIpc) is 2.52. The molecule has 0 radical (unpaired) electrons. The molecule has 0 aliphatic rings. The average molecular weight is 296 g/mol. The van der Waals surface area contributed by atoms with E-state index in [0.717, 1.165) is 27.7 Å². The highest BCUT2D eigenvalue weighted by Crippen LogP contribution is 2.19. The highest BCUT2D eigenvalue weighted by atomic mass is 35.5. The summed E-state index contributed by atoms with van der Waals surface area (Å²) in [4.78, 5) is 4.37. The Morgan fingerprint density at radius 3 is 2.76 bits per heavy atom. The maximum absolute atomic E-state index is 6.04. The first kappa shape index (κ1) is 13.6. The highest BCUT2D eigenvalue weighted by Gasteiger charge is 2.08. The van der Waals surface area contributed by atoms with Crippen molar-refractivity contribution < 1.29 is 0 Å². The molecule has 3 aromatic rings. The molecule has 104 valence electrons. The predicted molar refractivity (Wildman–Crippen MR) is 87.6 cm³/mol. The van der Waals surface area contributed by atoms with Gasteiger partial charge in [-0.3, -0.25) is 4.98 Å². The van der Waals surface area contributed by atoms with Crippen molar-refractivity contribution in [2.45, 2.75) is 6.42 Å². The Hall–Kier alpha value is -2.39. The molecule has 0 atom stereocenters. The van der Waals surface area contributed by atoms with Crippen LogP contribution in [0.15, 0.2) is 65.9 Å². The van der Waals surface area contributed by atoms with Gasteiger partial charge in [0.05, 0.1) is 11.2 Å². The first-order valence-electron chi connectivity index (χ1n) is 6.63. The van der Waals surface area contributed by atoms with Gasteiger partial charge < -0.3 is 5.84 Å². The Morgan fingerprint density at radius 2 is 1.95 bits per heavy atom. The summed E-state index contributed by atoms with van der Waals surface area (Å²) in [5.74, 6) is 5.58. The van der Waals surface area contributed by atoms with E-state index in [4.69, 9.17) is 17.4 Å². The van der Waals surface area contributed by atoms with Crippen molar-refractivity contribution in [2.24, 2.45) is 10.9 Å². The third kappa shape index (κ3) is 2.88. The summed E-state index contributed by atoms with van der Waals surface area (Å²) in [5, 5.41) is 5.73. The number of hydrogen-bond donors (Lipinski definition) is 1. The van der Waals surface area contributed by atoms with Crippen LogP contribution in [0.25, 0.3) is 10.9 Å². The van der Waals surface area contributed by atoms with E-state index >= 15 is 0 Å². The lowest BCUT2D eigenvalue weighted by Gasteiger charge is -2.09. The van der Waals surface area contributed by atoms with Crippen LogP contribution >= 0.6 is 11.6 Å². The molecule has 0 bridgehead atoms. The second kappa shape index (κ2) is 5.94. The monoisotopic (exact) mass is 295 g/mol. The third-order valence-corrected chi connectivity index (χ3v) is 3.65. The molecule has 0 saturated heterocycles. The number of benzene rings is 2. The molecule has 0 aliphatic carbocycles. The van der Waals surface area contributed by atoms with Crippen LogP contribution in [0.4, 0.5) is 0 Å². The van der Waals surface area contributed by atoms with Gasteiger partial charge in [-0.1, -0.05) is 41.9 Å². The number of hydrazone groups is 1. The molecule has 0 unspecified atom stereocenters. The quantitative estimate of drug-likeness (QED) is 0.454. The van der Waals surface area contributed by atoms with E-state index in [0.29, 0.717) is 11.4 Å². The van der Waals surface area contributed by atoms with E-state index in [-0.39, 0.29) is 0 Å². The van der Waals surface area contributed by atoms with Gasteiger partial charge in [-0.2, -0.15) is 5.10 Å². The number of rotatable bonds is 3. The van der Waals surface area contributed by atoms with E-state index < -0.39 is 0 Å². The second-order valence-electron chi connectivity index (χ2n) is 4.75. The van der Waals surface area contributed by atoms with Gasteiger partial charge in [-0.05, 0) is 35.4 Å². The molecule has 2 aromatic carbocycles. The summed E-state index contributed by atoms with van der Waals surface area (Å²) in [6.07, 6.45) is 2.45. The Bertz CT molecular complexity index is 806. The molecule has 3 rings (SSSR count). The zero-order chi connectivity index (χ0) is 14.7. The van der Waals surface area contributed by atoms with E-state index in [1.807, 2.05) is 54.7 Å². The SMILES string of the molecule is NN=C(Cc1ccnc2ccccc12)c1cccc(Cl)c1. The van der Waals surface area contributed by atoms with Crippen LogP contribution in [0, 0.1) is 0 Å². The molecule has 4 heteroatoms. The second-order valence-corrected chi connectivity index (χ2v) is 5.19. The number of fused-ring (bicyclic) bond motifs is 1. The zero-order valence-corrected chi connectivity index (χ0v) is 12.1. The normalized spacial score (nSPS) is 11.8. The van der Waals surface area contributed by atoms with Gasteiger partial charge in [-0.25, -0.2) is 0 Å². The fourth-order valence-electron chi connectivity index (χ4n) is 2.38. The summed E-state index contributed by atoms with van der Waals surface area (Å²) in [6.45, 7) is 0. The van der Waals surface area contributed by atoms with Gasteiger partial charge in [0.15, 0.2) is 0 Å². The van der Waals surface area contributed by atoms with Gasteiger partial charge in [0.2, 0.25) is 0 Å². The lowest BCUT2D eigenvalue weighted by molar-refractivity contribution is 1.19. The molecule has 21 heavy (non-hydrogen) atoms. The molecule has 0 aliphatic heterocycles. The Kier molecular flexibility index (Phi) is 3.84. The summed E-state index contributed by atoms with van der Waals surface area (Å²) in [6, 6.07) is 17.6.